The Balaban J connectivity index is 3.40. The summed E-state index contributed by atoms with van der Waals surface area (Å²) >= 11 is 0. The standard InChI is InChI=1S/C11H14FNO4S/c1-6(2)13-18(16,17)8-4-7(3)10(12)9(5-8)11(14)15/h4-6,13H,1-3H3,(H,14,15). The third-order valence-electron chi connectivity index (χ3n) is 2.16. The van der Waals surface area contributed by atoms with Crippen LogP contribution in [0, 0.1) is 12.7 Å². The lowest BCUT2D eigenvalue weighted by atomic mass is 10.1. The monoisotopic (exact) mass is 275 g/mol. The van der Waals surface area contributed by atoms with Crippen molar-refractivity contribution < 1.29 is 22.7 Å². The van der Waals surface area contributed by atoms with Gasteiger partial charge in [0, 0.05) is 6.04 Å². The summed E-state index contributed by atoms with van der Waals surface area (Å²) in [6.07, 6.45) is 0. The number of benzene rings is 1. The fraction of sp³-hybridized carbons (Fsp3) is 0.364. The average Bonchev–Trinajstić information content (AvgIpc) is 2.19. The van der Waals surface area contributed by atoms with E-state index in [9.17, 15) is 17.6 Å². The van der Waals surface area contributed by atoms with Crippen LogP contribution in [-0.2, 0) is 10.0 Å². The lowest BCUT2D eigenvalue weighted by molar-refractivity contribution is 0.0691. The van der Waals surface area contributed by atoms with Crippen molar-refractivity contribution in [1.29, 1.82) is 0 Å². The molecule has 0 aromatic heterocycles. The highest BCUT2D eigenvalue weighted by Gasteiger charge is 2.21. The van der Waals surface area contributed by atoms with Gasteiger partial charge in [-0.3, -0.25) is 0 Å². The van der Waals surface area contributed by atoms with E-state index in [0.717, 1.165) is 12.1 Å². The van der Waals surface area contributed by atoms with Crippen molar-refractivity contribution in [2.24, 2.45) is 0 Å². The van der Waals surface area contributed by atoms with Crippen LogP contribution in [0.15, 0.2) is 17.0 Å². The van der Waals surface area contributed by atoms with Gasteiger partial charge in [-0.15, -0.1) is 0 Å². The number of carboxylic acids is 1. The van der Waals surface area contributed by atoms with Gasteiger partial charge in [-0.25, -0.2) is 22.3 Å². The first-order valence-electron chi connectivity index (χ1n) is 5.21. The maximum Gasteiger partial charge on any atom is 0.338 e. The molecule has 0 bridgehead atoms. The summed E-state index contributed by atoms with van der Waals surface area (Å²) in [6, 6.07) is 1.58. The number of aryl methyl sites for hydroxylation is 1. The van der Waals surface area contributed by atoms with Gasteiger partial charge in [-0.1, -0.05) is 0 Å². The van der Waals surface area contributed by atoms with Crippen LogP contribution < -0.4 is 4.72 Å². The smallest absolute Gasteiger partial charge is 0.338 e. The van der Waals surface area contributed by atoms with Gasteiger partial charge >= 0.3 is 5.97 Å². The predicted molar refractivity (Wildman–Crippen MR) is 63.6 cm³/mol. The van der Waals surface area contributed by atoms with Gasteiger partial charge in [0.05, 0.1) is 10.5 Å². The van der Waals surface area contributed by atoms with Crippen molar-refractivity contribution in [1.82, 2.24) is 4.72 Å². The minimum Gasteiger partial charge on any atom is -0.478 e. The Morgan fingerprint density at radius 1 is 1.39 bits per heavy atom. The second-order valence-corrected chi connectivity index (χ2v) is 5.90. The molecule has 7 heteroatoms. The summed E-state index contributed by atoms with van der Waals surface area (Å²) in [4.78, 5) is 10.6. The van der Waals surface area contributed by atoms with Crippen LogP contribution in [0.5, 0.6) is 0 Å². The van der Waals surface area contributed by atoms with Crippen molar-refractivity contribution in [3.8, 4) is 0 Å². The zero-order chi connectivity index (χ0) is 14.1. The first-order valence-corrected chi connectivity index (χ1v) is 6.69. The molecule has 0 saturated carbocycles. The molecule has 0 fully saturated rings. The Labute approximate surface area is 105 Å². The van der Waals surface area contributed by atoms with Crippen molar-refractivity contribution in [2.45, 2.75) is 31.7 Å². The molecule has 18 heavy (non-hydrogen) atoms. The lowest BCUT2D eigenvalue weighted by Gasteiger charge is -2.11. The molecule has 0 heterocycles. The van der Waals surface area contributed by atoms with Gasteiger partial charge < -0.3 is 5.11 Å². The zero-order valence-electron chi connectivity index (χ0n) is 10.2. The third kappa shape index (κ3) is 3.05. The number of hydrogen-bond donors (Lipinski definition) is 2. The van der Waals surface area contributed by atoms with Gasteiger partial charge in [-0.05, 0) is 38.5 Å². The van der Waals surface area contributed by atoms with E-state index < -0.39 is 27.4 Å². The molecule has 0 spiro atoms. The first-order chi connectivity index (χ1) is 8.15. The highest BCUT2D eigenvalue weighted by Crippen LogP contribution is 2.19. The summed E-state index contributed by atoms with van der Waals surface area (Å²) in [5.74, 6) is -2.43. The van der Waals surface area contributed by atoms with E-state index in [1.54, 1.807) is 13.8 Å². The summed E-state index contributed by atoms with van der Waals surface area (Å²) in [7, 11) is -3.83. The van der Waals surface area contributed by atoms with Crippen LogP contribution in [-0.4, -0.2) is 25.5 Å². The second kappa shape index (κ2) is 5.03. The van der Waals surface area contributed by atoms with Crippen molar-refractivity contribution >= 4 is 16.0 Å². The molecule has 0 radical (unpaired) electrons. The molecule has 0 atom stereocenters. The van der Waals surface area contributed by atoms with Crippen LogP contribution >= 0.6 is 0 Å². The van der Waals surface area contributed by atoms with Crippen LogP contribution in [0.25, 0.3) is 0 Å². The van der Waals surface area contributed by atoms with E-state index in [1.165, 1.54) is 6.92 Å². The molecule has 0 saturated heterocycles. The average molecular weight is 275 g/mol. The molecule has 0 aliphatic heterocycles. The van der Waals surface area contributed by atoms with Crippen molar-refractivity contribution in [2.75, 3.05) is 0 Å². The molecule has 0 unspecified atom stereocenters. The molecule has 1 aromatic carbocycles. The normalized spacial score (nSPS) is 11.8. The molecule has 0 amide bonds. The van der Waals surface area contributed by atoms with Gasteiger partial charge in [0.25, 0.3) is 0 Å². The minimum absolute atomic E-state index is 0.0287. The Morgan fingerprint density at radius 2 is 1.94 bits per heavy atom. The minimum atomic E-state index is -3.83. The maximum atomic E-state index is 13.5. The van der Waals surface area contributed by atoms with E-state index in [0.29, 0.717) is 0 Å². The molecule has 2 N–H and O–H groups in total. The fourth-order valence-electron chi connectivity index (χ4n) is 1.43. The summed E-state index contributed by atoms with van der Waals surface area (Å²) < 4.78 is 39.5. The van der Waals surface area contributed by atoms with Crippen molar-refractivity contribution in [3.63, 3.8) is 0 Å². The van der Waals surface area contributed by atoms with Crippen molar-refractivity contribution in [3.05, 3.63) is 29.1 Å². The molecule has 5 nitrogen and oxygen atoms in total. The maximum absolute atomic E-state index is 13.5. The Bertz CT molecular complexity index is 581. The van der Waals surface area contributed by atoms with Gasteiger partial charge in [0.15, 0.2) is 0 Å². The molecule has 0 aliphatic rings. The number of rotatable bonds is 4. The number of carbonyl (C=O) groups is 1. The second-order valence-electron chi connectivity index (χ2n) is 4.18. The van der Waals surface area contributed by atoms with Crippen LogP contribution in [0.3, 0.4) is 0 Å². The lowest BCUT2D eigenvalue weighted by Crippen LogP contribution is -2.30. The van der Waals surface area contributed by atoms with Crippen LogP contribution in [0.1, 0.15) is 29.8 Å². The van der Waals surface area contributed by atoms with E-state index in [1.807, 2.05) is 0 Å². The fourth-order valence-corrected chi connectivity index (χ4v) is 2.79. The molecule has 1 aromatic rings. The number of aromatic carboxylic acids is 1. The molecular weight excluding hydrogens is 261 g/mol. The molecule has 1 rings (SSSR count). The number of hydrogen-bond acceptors (Lipinski definition) is 3. The van der Waals surface area contributed by atoms with Gasteiger partial charge in [-0.2, -0.15) is 0 Å². The highest BCUT2D eigenvalue weighted by atomic mass is 32.2. The quantitative estimate of drug-likeness (QED) is 0.872. The van der Waals surface area contributed by atoms with Crippen LogP contribution in [0.4, 0.5) is 4.39 Å². The summed E-state index contributed by atoms with van der Waals surface area (Å²) in [6.45, 7) is 4.58. The number of halogens is 1. The topological polar surface area (TPSA) is 83.5 Å². The first kappa shape index (κ1) is 14.6. The van der Waals surface area contributed by atoms with Crippen LogP contribution in [0.2, 0.25) is 0 Å². The Hall–Kier alpha value is -1.47. The zero-order valence-corrected chi connectivity index (χ0v) is 11.0. The Kier molecular flexibility index (Phi) is 4.08. The molecular formula is C11H14FNO4S. The van der Waals surface area contributed by atoms with E-state index in [4.69, 9.17) is 5.11 Å². The largest absolute Gasteiger partial charge is 0.478 e. The number of carboxylic acid groups (broad SMARTS) is 1. The van der Waals surface area contributed by atoms with Gasteiger partial charge in [0.2, 0.25) is 10.0 Å². The Morgan fingerprint density at radius 3 is 2.39 bits per heavy atom. The molecule has 100 valence electrons. The number of sulfonamides is 1. The number of nitrogens with one attached hydrogen (secondary N) is 1. The van der Waals surface area contributed by atoms with E-state index >= 15 is 0 Å². The molecule has 0 aliphatic carbocycles. The van der Waals surface area contributed by atoms with E-state index in [2.05, 4.69) is 4.72 Å². The summed E-state index contributed by atoms with van der Waals surface area (Å²) in [5.41, 5.74) is -0.682. The highest BCUT2D eigenvalue weighted by molar-refractivity contribution is 7.89. The van der Waals surface area contributed by atoms with E-state index in [-0.39, 0.29) is 16.5 Å². The summed E-state index contributed by atoms with van der Waals surface area (Å²) in [5, 5.41) is 8.81. The predicted octanol–water partition coefficient (Wildman–Crippen LogP) is 1.52. The van der Waals surface area contributed by atoms with Gasteiger partial charge in [0.1, 0.15) is 5.82 Å². The SMILES string of the molecule is Cc1cc(S(=O)(=O)NC(C)C)cc(C(=O)O)c1F. The third-order valence-corrected chi connectivity index (χ3v) is 3.80.